The molecule has 0 saturated heterocycles. The smallest absolute Gasteiger partial charge is 0.0692 e. The van der Waals surface area contributed by atoms with Gasteiger partial charge in [-0.1, -0.05) is 65.2 Å². The molecule has 0 aliphatic heterocycles. The summed E-state index contributed by atoms with van der Waals surface area (Å²) in [7, 11) is 0. The van der Waals surface area contributed by atoms with Crippen molar-refractivity contribution >= 4 is 0 Å². The lowest BCUT2D eigenvalue weighted by atomic mass is 9.57. The zero-order valence-corrected chi connectivity index (χ0v) is 18.4. The largest absolute Gasteiger partial charge is 0.198 e. The Labute approximate surface area is 169 Å². The van der Waals surface area contributed by atoms with Crippen LogP contribution in [0.15, 0.2) is 0 Å². The van der Waals surface area contributed by atoms with Crippen LogP contribution in [0, 0.1) is 46.3 Å². The molecule has 3 saturated carbocycles. The van der Waals surface area contributed by atoms with E-state index in [1.165, 1.54) is 109 Å². The zero-order chi connectivity index (χ0) is 19.1. The summed E-state index contributed by atoms with van der Waals surface area (Å²) in [5.74, 6) is 4.64. The van der Waals surface area contributed by atoms with Crippen LogP contribution >= 0.6 is 0 Å². The molecule has 3 fully saturated rings. The van der Waals surface area contributed by atoms with Gasteiger partial charge in [0, 0.05) is 0 Å². The zero-order valence-electron chi connectivity index (χ0n) is 18.4. The Morgan fingerprint density at radius 2 is 1.41 bits per heavy atom. The molecule has 27 heavy (non-hydrogen) atoms. The van der Waals surface area contributed by atoms with Crippen molar-refractivity contribution in [2.75, 3.05) is 0 Å². The van der Waals surface area contributed by atoms with Gasteiger partial charge in [-0.15, -0.1) is 0 Å². The van der Waals surface area contributed by atoms with Crippen LogP contribution in [0.25, 0.3) is 0 Å². The fourth-order valence-corrected chi connectivity index (χ4v) is 7.24. The monoisotopic (exact) mass is 371 g/mol. The Morgan fingerprint density at radius 3 is 2.00 bits per heavy atom. The van der Waals surface area contributed by atoms with Gasteiger partial charge in [0.05, 0.1) is 11.5 Å². The van der Waals surface area contributed by atoms with Crippen molar-refractivity contribution in [3.05, 3.63) is 0 Å². The molecule has 3 aliphatic carbocycles. The minimum atomic E-state index is 0.0319. The van der Waals surface area contributed by atoms with Crippen molar-refractivity contribution in [1.29, 1.82) is 5.26 Å². The Hall–Kier alpha value is -0.510. The maximum Gasteiger partial charge on any atom is 0.0692 e. The number of rotatable bonds is 7. The Bertz CT molecular complexity index is 461. The van der Waals surface area contributed by atoms with Crippen LogP contribution in [0.4, 0.5) is 0 Å². The lowest BCUT2D eigenvalue weighted by Crippen LogP contribution is -2.39. The van der Waals surface area contributed by atoms with E-state index in [4.69, 9.17) is 0 Å². The van der Waals surface area contributed by atoms with Gasteiger partial charge < -0.3 is 0 Å². The number of hydrogen-bond acceptors (Lipinski definition) is 1. The van der Waals surface area contributed by atoms with Crippen molar-refractivity contribution in [2.24, 2.45) is 35.0 Å². The molecule has 0 aromatic carbocycles. The molecular formula is C26H45N. The fraction of sp³-hybridized carbons (Fsp3) is 0.962. The summed E-state index contributed by atoms with van der Waals surface area (Å²) in [6.07, 6.45) is 23.5. The van der Waals surface area contributed by atoms with E-state index in [2.05, 4.69) is 19.9 Å². The minimum Gasteiger partial charge on any atom is -0.198 e. The highest BCUT2D eigenvalue weighted by Gasteiger charge is 2.45. The highest BCUT2D eigenvalue weighted by Crippen LogP contribution is 2.53. The van der Waals surface area contributed by atoms with Crippen LogP contribution in [-0.4, -0.2) is 0 Å². The maximum absolute atomic E-state index is 10.2. The van der Waals surface area contributed by atoms with Crippen LogP contribution in [0.2, 0.25) is 0 Å². The van der Waals surface area contributed by atoms with E-state index in [9.17, 15) is 5.26 Å². The summed E-state index contributed by atoms with van der Waals surface area (Å²) in [5, 5.41) is 10.2. The van der Waals surface area contributed by atoms with E-state index in [0.29, 0.717) is 5.92 Å². The predicted molar refractivity (Wildman–Crippen MR) is 115 cm³/mol. The molecule has 0 unspecified atom stereocenters. The Morgan fingerprint density at radius 1 is 0.778 bits per heavy atom. The third-order valence-electron chi connectivity index (χ3n) is 9.07. The summed E-state index contributed by atoms with van der Waals surface area (Å²) in [4.78, 5) is 0. The molecule has 0 aromatic heterocycles. The summed E-state index contributed by atoms with van der Waals surface area (Å²) in [6.45, 7) is 4.66. The van der Waals surface area contributed by atoms with Gasteiger partial charge >= 0.3 is 0 Å². The standard InChI is InChI=1S/C26H45N/c1-3-5-7-18-26(20-27)19-8-6-9-25(26)24-16-14-23(15-17-24)22-12-10-21(4-2)11-13-22/h21-25H,3-19H2,1-2H3/t21?,22?,23?,24?,25-,26-/m0/s1. The van der Waals surface area contributed by atoms with Crippen LogP contribution in [0.3, 0.4) is 0 Å². The van der Waals surface area contributed by atoms with Gasteiger partial charge in [-0.3, -0.25) is 0 Å². The molecule has 0 radical (unpaired) electrons. The van der Waals surface area contributed by atoms with E-state index >= 15 is 0 Å². The highest BCUT2D eigenvalue weighted by molar-refractivity contribution is 5.07. The first kappa shape index (κ1) is 21.2. The van der Waals surface area contributed by atoms with E-state index in [0.717, 1.165) is 23.7 Å². The lowest BCUT2D eigenvalue weighted by Gasteiger charge is -2.46. The van der Waals surface area contributed by atoms with Crippen molar-refractivity contribution in [2.45, 2.75) is 123 Å². The molecule has 0 aromatic rings. The lowest BCUT2D eigenvalue weighted by molar-refractivity contribution is 0.0450. The first-order valence-corrected chi connectivity index (χ1v) is 12.6. The summed E-state index contributed by atoms with van der Waals surface area (Å²) >= 11 is 0. The SMILES string of the molecule is CCCCC[C@@]1(C#N)CCCC[C@H]1C1CCC(C2CCC(CC)CC2)CC1. The molecule has 0 spiro atoms. The molecule has 1 heteroatoms. The summed E-state index contributed by atoms with van der Waals surface area (Å²) in [5.41, 5.74) is 0.0319. The van der Waals surface area contributed by atoms with E-state index in [1.54, 1.807) is 0 Å². The molecule has 154 valence electrons. The fourth-order valence-electron chi connectivity index (χ4n) is 7.24. The third kappa shape index (κ3) is 5.10. The molecule has 0 N–H and O–H groups in total. The number of nitrogens with zero attached hydrogens (tertiary/aromatic N) is 1. The van der Waals surface area contributed by atoms with Crippen molar-refractivity contribution in [1.82, 2.24) is 0 Å². The van der Waals surface area contributed by atoms with Crippen LogP contribution in [0.5, 0.6) is 0 Å². The summed E-state index contributed by atoms with van der Waals surface area (Å²) < 4.78 is 0. The molecule has 3 aliphatic rings. The Kier molecular flexibility index (Phi) is 8.10. The molecule has 0 bridgehead atoms. The molecule has 3 rings (SSSR count). The quantitative estimate of drug-likeness (QED) is 0.413. The van der Waals surface area contributed by atoms with E-state index in [-0.39, 0.29) is 5.41 Å². The number of hydrogen-bond donors (Lipinski definition) is 0. The highest BCUT2D eigenvalue weighted by atomic mass is 14.5. The van der Waals surface area contributed by atoms with Gasteiger partial charge in [0.25, 0.3) is 0 Å². The number of unbranched alkanes of at least 4 members (excludes halogenated alkanes) is 2. The van der Waals surface area contributed by atoms with Crippen LogP contribution in [0.1, 0.15) is 123 Å². The van der Waals surface area contributed by atoms with Crippen molar-refractivity contribution < 1.29 is 0 Å². The van der Waals surface area contributed by atoms with E-state index in [1.807, 2.05) is 0 Å². The van der Waals surface area contributed by atoms with Crippen molar-refractivity contribution in [3.8, 4) is 6.07 Å². The van der Waals surface area contributed by atoms with Gasteiger partial charge in [0.1, 0.15) is 0 Å². The number of nitriles is 1. The van der Waals surface area contributed by atoms with Gasteiger partial charge in [0.15, 0.2) is 0 Å². The summed E-state index contributed by atoms with van der Waals surface area (Å²) in [6, 6.07) is 2.91. The average molecular weight is 372 g/mol. The van der Waals surface area contributed by atoms with E-state index < -0.39 is 0 Å². The second-order valence-corrected chi connectivity index (χ2v) is 10.4. The normalized spacial score (nSPS) is 40.4. The van der Waals surface area contributed by atoms with Gasteiger partial charge in [-0.05, 0) is 87.4 Å². The minimum absolute atomic E-state index is 0.0319. The van der Waals surface area contributed by atoms with Crippen LogP contribution in [-0.2, 0) is 0 Å². The molecule has 1 nitrogen and oxygen atoms in total. The van der Waals surface area contributed by atoms with Gasteiger partial charge in [-0.25, -0.2) is 0 Å². The molecule has 0 heterocycles. The third-order valence-corrected chi connectivity index (χ3v) is 9.07. The maximum atomic E-state index is 10.2. The van der Waals surface area contributed by atoms with Gasteiger partial charge in [0.2, 0.25) is 0 Å². The van der Waals surface area contributed by atoms with Crippen molar-refractivity contribution in [3.63, 3.8) is 0 Å². The predicted octanol–water partition coefficient (Wildman–Crippen LogP) is 8.29. The average Bonchev–Trinajstić information content (AvgIpc) is 2.74. The first-order valence-electron chi connectivity index (χ1n) is 12.6. The second kappa shape index (κ2) is 10.3. The molecular weight excluding hydrogens is 326 g/mol. The first-order chi connectivity index (χ1) is 13.2. The molecule has 0 amide bonds. The molecule has 2 atom stereocenters. The van der Waals surface area contributed by atoms with Gasteiger partial charge in [-0.2, -0.15) is 5.26 Å². The van der Waals surface area contributed by atoms with Crippen LogP contribution < -0.4 is 0 Å². The second-order valence-electron chi connectivity index (χ2n) is 10.4. The topological polar surface area (TPSA) is 23.8 Å². The Balaban J connectivity index is 1.54.